The molecule has 0 radical (unpaired) electrons. The van der Waals surface area contributed by atoms with Gasteiger partial charge in [-0.3, -0.25) is 0 Å². The highest BCUT2D eigenvalue weighted by molar-refractivity contribution is 9.10. The molecule has 0 saturated heterocycles. The third kappa shape index (κ3) is 3.21. The van der Waals surface area contributed by atoms with E-state index in [1.54, 1.807) is 12.1 Å². The molecule has 0 aliphatic heterocycles. The van der Waals surface area contributed by atoms with Crippen molar-refractivity contribution in [2.24, 2.45) is 0 Å². The third-order valence-corrected chi connectivity index (χ3v) is 3.30. The van der Waals surface area contributed by atoms with Gasteiger partial charge in [0.2, 0.25) is 0 Å². The molecule has 0 aliphatic carbocycles. The Morgan fingerprint density at radius 3 is 2.56 bits per heavy atom. The zero-order valence-electron chi connectivity index (χ0n) is 9.09. The summed E-state index contributed by atoms with van der Waals surface area (Å²) in [5.74, 6) is -0.424. The summed E-state index contributed by atoms with van der Waals surface area (Å²) in [4.78, 5) is 0. The number of hydrogen-bond acceptors (Lipinski definition) is 1. The fourth-order valence-electron chi connectivity index (χ4n) is 1.37. The highest BCUT2D eigenvalue weighted by atomic mass is 79.9. The summed E-state index contributed by atoms with van der Waals surface area (Å²) in [5.41, 5.74) is 0.640. The van der Waals surface area contributed by atoms with E-state index < -0.39 is 11.6 Å². The molecule has 0 heterocycles. The third-order valence-electron chi connectivity index (χ3n) is 2.30. The van der Waals surface area contributed by atoms with Gasteiger partial charge in [-0.25, -0.2) is 8.78 Å². The maximum atomic E-state index is 13.2. The van der Waals surface area contributed by atoms with Gasteiger partial charge in [-0.2, -0.15) is 0 Å². The number of halogens is 4. The number of hydrogen-bond donors (Lipinski definition) is 0. The smallest absolute Gasteiger partial charge is 0.141 e. The van der Waals surface area contributed by atoms with Gasteiger partial charge in [0.05, 0.1) is 9.50 Å². The topological polar surface area (TPSA) is 9.23 Å². The molecule has 0 fully saturated rings. The first-order valence-electron chi connectivity index (χ1n) is 5.08. The van der Waals surface area contributed by atoms with Crippen molar-refractivity contribution in [3.63, 3.8) is 0 Å². The molecule has 0 saturated carbocycles. The maximum absolute atomic E-state index is 13.2. The SMILES string of the molecule is Fc1ccc(COc2ccc(Br)c(F)c2)c(Cl)c1. The Balaban J connectivity index is 2.09. The molecule has 5 heteroatoms. The monoisotopic (exact) mass is 332 g/mol. The van der Waals surface area contributed by atoms with E-state index in [1.807, 2.05) is 0 Å². The van der Waals surface area contributed by atoms with E-state index in [2.05, 4.69) is 15.9 Å². The van der Waals surface area contributed by atoms with Gasteiger partial charge in [0, 0.05) is 11.6 Å². The minimum atomic E-state index is -0.405. The van der Waals surface area contributed by atoms with Crippen LogP contribution in [-0.4, -0.2) is 0 Å². The molecule has 0 atom stereocenters. The van der Waals surface area contributed by atoms with Crippen LogP contribution in [0.25, 0.3) is 0 Å². The van der Waals surface area contributed by atoms with Gasteiger partial charge in [0.25, 0.3) is 0 Å². The highest BCUT2D eigenvalue weighted by Crippen LogP contribution is 2.23. The van der Waals surface area contributed by atoms with Gasteiger partial charge in [0.1, 0.15) is 24.0 Å². The van der Waals surface area contributed by atoms with Crippen molar-refractivity contribution in [2.75, 3.05) is 0 Å². The molecule has 0 unspecified atom stereocenters. The first kappa shape index (κ1) is 13.3. The summed E-state index contributed by atoms with van der Waals surface area (Å²) in [7, 11) is 0. The molecular weight excluding hydrogens is 325 g/mol. The quantitative estimate of drug-likeness (QED) is 0.771. The minimum absolute atomic E-state index is 0.153. The van der Waals surface area contributed by atoms with Gasteiger partial charge < -0.3 is 4.74 Å². The predicted octanol–water partition coefficient (Wildman–Crippen LogP) is 4.96. The van der Waals surface area contributed by atoms with Crippen molar-refractivity contribution < 1.29 is 13.5 Å². The summed E-state index contributed by atoms with van der Waals surface area (Å²) in [6.07, 6.45) is 0. The van der Waals surface area contributed by atoms with Crippen molar-refractivity contribution in [3.05, 3.63) is 63.1 Å². The van der Waals surface area contributed by atoms with Crippen LogP contribution in [0.2, 0.25) is 5.02 Å². The van der Waals surface area contributed by atoms with E-state index in [0.717, 1.165) is 0 Å². The Bertz CT molecular complexity index is 575. The van der Waals surface area contributed by atoms with Crippen LogP contribution >= 0.6 is 27.5 Å². The minimum Gasteiger partial charge on any atom is -0.489 e. The molecule has 0 amide bonds. The fraction of sp³-hybridized carbons (Fsp3) is 0.0769. The lowest BCUT2D eigenvalue weighted by Crippen LogP contribution is -1.97. The first-order valence-corrected chi connectivity index (χ1v) is 6.25. The summed E-state index contributed by atoms with van der Waals surface area (Å²) in [5, 5.41) is 0.285. The van der Waals surface area contributed by atoms with Gasteiger partial charge in [-0.15, -0.1) is 0 Å². The van der Waals surface area contributed by atoms with Gasteiger partial charge in [0.15, 0.2) is 0 Å². The zero-order valence-corrected chi connectivity index (χ0v) is 11.4. The molecule has 2 aromatic carbocycles. The van der Waals surface area contributed by atoms with Crippen molar-refractivity contribution in [1.82, 2.24) is 0 Å². The van der Waals surface area contributed by atoms with Crippen LogP contribution in [-0.2, 0) is 6.61 Å². The molecule has 0 N–H and O–H groups in total. The molecule has 1 nitrogen and oxygen atoms in total. The fourth-order valence-corrected chi connectivity index (χ4v) is 1.83. The van der Waals surface area contributed by atoms with Crippen molar-refractivity contribution >= 4 is 27.5 Å². The van der Waals surface area contributed by atoms with Crippen LogP contribution in [0.1, 0.15) is 5.56 Å². The van der Waals surface area contributed by atoms with Gasteiger partial charge in [-0.05, 0) is 40.2 Å². The second-order valence-corrected chi connectivity index (χ2v) is 4.86. The standard InChI is InChI=1S/C13H8BrClF2O/c14-11-4-3-10(6-13(11)17)18-7-8-1-2-9(16)5-12(8)15/h1-6H,7H2. The summed E-state index contributed by atoms with van der Waals surface area (Å²) in [6, 6.07) is 8.49. The second-order valence-electron chi connectivity index (χ2n) is 3.60. The van der Waals surface area contributed by atoms with E-state index >= 15 is 0 Å². The highest BCUT2D eigenvalue weighted by Gasteiger charge is 2.05. The lowest BCUT2D eigenvalue weighted by Gasteiger charge is -2.08. The molecular formula is C13H8BrClF2O. The van der Waals surface area contributed by atoms with Crippen LogP contribution < -0.4 is 4.74 Å². The molecule has 0 spiro atoms. The molecule has 18 heavy (non-hydrogen) atoms. The van der Waals surface area contributed by atoms with Crippen LogP contribution in [0, 0.1) is 11.6 Å². The molecule has 2 aromatic rings. The lowest BCUT2D eigenvalue weighted by atomic mass is 10.2. The summed E-state index contributed by atoms with van der Waals surface area (Å²) < 4.78 is 31.8. The van der Waals surface area contributed by atoms with E-state index in [9.17, 15) is 8.78 Å². The van der Waals surface area contributed by atoms with Crippen LogP contribution in [0.4, 0.5) is 8.78 Å². The zero-order chi connectivity index (χ0) is 13.1. The number of ether oxygens (including phenoxy) is 1. The molecule has 2 rings (SSSR count). The van der Waals surface area contributed by atoms with E-state index in [-0.39, 0.29) is 11.6 Å². The normalized spacial score (nSPS) is 10.4. The Labute approximate surface area is 116 Å². The summed E-state index contributed by atoms with van der Waals surface area (Å²) in [6.45, 7) is 0.153. The molecule has 0 aromatic heterocycles. The predicted molar refractivity (Wildman–Crippen MR) is 69.8 cm³/mol. The van der Waals surface area contributed by atoms with Crippen molar-refractivity contribution in [3.8, 4) is 5.75 Å². The van der Waals surface area contributed by atoms with Crippen molar-refractivity contribution in [2.45, 2.75) is 6.61 Å². The number of rotatable bonds is 3. The van der Waals surface area contributed by atoms with Crippen LogP contribution in [0.5, 0.6) is 5.75 Å². The molecule has 0 bridgehead atoms. The van der Waals surface area contributed by atoms with Gasteiger partial charge in [-0.1, -0.05) is 17.7 Å². The average Bonchev–Trinajstić information content (AvgIpc) is 2.32. The van der Waals surface area contributed by atoms with Crippen LogP contribution in [0.3, 0.4) is 0 Å². The first-order chi connectivity index (χ1) is 8.56. The number of benzene rings is 2. The maximum Gasteiger partial charge on any atom is 0.141 e. The largest absolute Gasteiger partial charge is 0.489 e. The average molecular weight is 334 g/mol. The molecule has 0 aliphatic rings. The molecule has 94 valence electrons. The summed E-state index contributed by atoms with van der Waals surface area (Å²) >= 11 is 8.90. The van der Waals surface area contributed by atoms with E-state index in [0.29, 0.717) is 15.8 Å². The van der Waals surface area contributed by atoms with Gasteiger partial charge >= 0.3 is 0 Å². The van der Waals surface area contributed by atoms with E-state index in [4.69, 9.17) is 16.3 Å². The van der Waals surface area contributed by atoms with E-state index in [1.165, 1.54) is 24.3 Å². The lowest BCUT2D eigenvalue weighted by molar-refractivity contribution is 0.304. The Kier molecular flexibility index (Phi) is 4.19. The Morgan fingerprint density at radius 1 is 1.11 bits per heavy atom. The van der Waals surface area contributed by atoms with Crippen LogP contribution in [0.15, 0.2) is 40.9 Å². The Hall–Kier alpha value is -1.13. The second kappa shape index (κ2) is 5.67. The Morgan fingerprint density at radius 2 is 1.89 bits per heavy atom. The van der Waals surface area contributed by atoms with Crippen molar-refractivity contribution in [1.29, 1.82) is 0 Å².